The normalized spacial score (nSPS) is 21.0. The number of benzene rings is 2. The molecule has 2 amide bonds. The summed E-state index contributed by atoms with van der Waals surface area (Å²) >= 11 is -1.10. The van der Waals surface area contributed by atoms with Gasteiger partial charge in [0.25, 0.3) is 11.8 Å². The van der Waals surface area contributed by atoms with E-state index in [9.17, 15) is 32.4 Å². The number of piperidine rings is 1. The lowest BCUT2D eigenvalue weighted by Gasteiger charge is -2.36. The third-order valence-corrected chi connectivity index (χ3v) is 9.17. The fourth-order valence-corrected chi connectivity index (χ4v) is 6.18. The van der Waals surface area contributed by atoms with Crippen molar-refractivity contribution < 1.29 is 32.4 Å². The van der Waals surface area contributed by atoms with Crippen LogP contribution >= 0.6 is 0 Å². The molecule has 1 aliphatic carbocycles. The van der Waals surface area contributed by atoms with Crippen LogP contribution in [0.4, 0.5) is 24.5 Å². The molecule has 12 heteroatoms. The van der Waals surface area contributed by atoms with Crippen LogP contribution in [0.1, 0.15) is 54.6 Å². The molecule has 0 spiro atoms. The molecule has 2 aromatic carbocycles. The summed E-state index contributed by atoms with van der Waals surface area (Å²) in [5.74, 6) is -1.56. The number of aliphatic hydroxyl groups excluding tert-OH is 1. The average Bonchev–Trinajstić information content (AvgIpc) is 3.73. The zero-order valence-corrected chi connectivity index (χ0v) is 22.9. The van der Waals surface area contributed by atoms with Crippen molar-refractivity contribution in [1.29, 1.82) is 0 Å². The van der Waals surface area contributed by atoms with Gasteiger partial charge in [-0.25, -0.2) is 0 Å². The van der Waals surface area contributed by atoms with Crippen LogP contribution in [-0.2, 0) is 16.0 Å². The van der Waals surface area contributed by atoms with Gasteiger partial charge in [0, 0.05) is 24.7 Å². The number of hydrogen-bond donors (Lipinski definition) is 3. The fraction of sp³-hybridized carbons (Fsp3) is 0.500. The van der Waals surface area contributed by atoms with E-state index in [1.807, 2.05) is 11.8 Å². The highest BCUT2D eigenvalue weighted by Crippen LogP contribution is 2.43. The molecule has 2 aliphatic heterocycles. The predicted molar refractivity (Wildman–Crippen MR) is 145 cm³/mol. The molecule has 40 heavy (non-hydrogen) atoms. The Morgan fingerprint density at radius 1 is 1.12 bits per heavy atom. The number of hydrogen-bond acceptors (Lipinski definition) is 6. The summed E-state index contributed by atoms with van der Waals surface area (Å²) in [5, 5.41) is 16.0. The smallest absolute Gasteiger partial charge is 0.391 e. The second kappa shape index (κ2) is 11.5. The van der Waals surface area contributed by atoms with Crippen molar-refractivity contribution in [2.75, 3.05) is 35.7 Å². The van der Waals surface area contributed by atoms with Crippen molar-refractivity contribution in [3.05, 3.63) is 53.6 Å². The average molecular weight is 579 g/mol. The minimum absolute atomic E-state index is 0.0571. The van der Waals surface area contributed by atoms with E-state index in [0.717, 1.165) is 18.5 Å². The molecule has 8 nitrogen and oxygen atoms in total. The number of likely N-dealkylation sites (tertiary alicyclic amines) is 1. The number of nitrogens with one attached hydrogen (secondary N) is 2. The first-order valence-corrected chi connectivity index (χ1v) is 14.9. The van der Waals surface area contributed by atoms with E-state index < -0.39 is 41.4 Å². The summed E-state index contributed by atoms with van der Waals surface area (Å²) in [7, 11) is 0. The molecule has 2 heterocycles. The zero-order chi connectivity index (χ0) is 28.6. The highest BCUT2D eigenvalue weighted by atomic mass is 32.2. The van der Waals surface area contributed by atoms with E-state index in [2.05, 4.69) is 10.6 Å². The summed E-state index contributed by atoms with van der Waals surface area (Å²) in [6, 6.07) is 11.5. The second-order valence-electron chi connectivity index (χ2n) is 10.5. The van der Waals surface area contributed by atoms with Gasteiger partial charge in [0.1, 0.15) is 5.75 Å². The number of carbonyl (C=O) groups excluding carboxylic acids is 2. The van der Waals surface area contributed by atoms with Gasteiger partial charge in [0.15, 0.2) is 11.1 Å². The molecule has 3 unspecified atom stereocenters. The van der Waals surface area contributed by atoms with Gasteiger partial charge in [-0.1, -0.05) is 12.1 Å². The van der Waals surface area contributed by atoms with Crippen molar-refractivity contribution in [2.45, 2.75) is 61.9 Å². The number of halogens is 3. The summed E-state index contributed by atoms with van der Waals surface area (Å²) in [5.41, 5.74) is 2.39. The summed E-state index contributed by atoms with van der Waals surface area (Å²) in [6.45, 7) is 1.61. The molecule has 3 atom stereocenters. The lowest BCUT2D eigenvalue weighted by molar-refractivity contribution is -0.186. The van der Waals surface area contributed by atoms with Crippen LogP contribution in [0.2, 0.25) is 0 Å². The maximum absolute atomic E-state index is 13.4. The lowest BCUT2D eigenvalue weighted by Crippen LogP contribution is -2.53. The van der Waals surface area contributed by atoms with Gasteiger partial charge in [-0.05, 0) is 79.7 Å². The first-order chi connectivity index (χ1) is 19.1. The second-order valence-corrected chi connectivity index (χ2v) is 12.2. The van der Waals surface area contributed by atoms with Gasteiger partial charge in [0.2, 0.25) is 0 Å². The van der Waals surface area contributed by atoms with Crippen LogP contribution < -0.4 is 15.5 Å². The molecular weight excluding hydrogens is 545 g/mol. The number of rotatable bonds is 8. The Bertz CT molecular complexity index is 1230. The van der Waals surface area contributed by atoms with Gasteiger partial charge < -0.3 is 30.1 Å². The Kier molecular flexibility index (Phi) is 8.21. The van der Waals surface area contributed by atoms with Crippen molar-refractivity contribution in [3.8, 4) is 0 Å². The SMILES string of the molecule is CC[S+]([O-])c1ccc(C(CO)NC(=O)c2ccc3c(c2)NC(C(=O)N2CCC(C(F)(F)F)CC2)N3C2CC2)cc1. The monoisotopic (exact) mass is 578 g/mol. The number of alkyl halides is 3. The molecule has 5 rings (SSSR count). The minimum Gasteiger partial charge on any atom is -0.611 e. The van der Waals surface area contributed by atoms with E-state index in [0.29, 0.717) is 27.5 Å². The van der Waals surface area contributed by atoms with Crippen molar-refractivity contribution >= 4 is 34.4 Å². The molecule has 0 bridgehead atoms. The quantitative estimate of drug-likeness (QED) is 0.412. The standard InChI is InChI=1S/C28H33F3N4O4S/c1-2-40(39)21-8-3-17(4-9-21)23(16-36)33-26(37)18-5-10-24-22(15-18)32-25(35(24)20-6-7-20)27(38)34-13-11-19(12-14-34)28(29,30)31/h3-5,8-10,15,19-20,23,25,32,36H,2,6-7,11-14,16H2,1H3,(H,33,37). The highest BCUT2D eigenvalue weighted by molar-refractivity contribution is 7.91. The van der Waals surface area contributed by atoms with E-state index in [4.69, 9.17) is 0 Å². The number of carbonyl (C=O) groups is 2. The van der Waals surface area contributed by atoms with Gasteiger partial charge in [-0.3, -0.25) is 9.59 Å². The number of aliphatic hydroxyl groups is 1. The zero-order valence-electron chi connectivity index (χ0n) is 22.1. The topological polar surface area (TPSA) is 108 Å². The largest absolute Gasteiger partial charge is 0.611 e. The molecule has 216 valence electrons. The fourth-order valence-electron chi connectivity index (χ4n) is 5.41. The van der Waals surface area contributed by atoms with Crippen LogP contribution in [0.5, 0.6) is 0 Å². The maximum Gasteiger partial charge on any atom is 0.391 e. The molecule has 0 radical (unpaired) electrons. The lowest BCUT2D eigenvalue weighted by atomic mass is 9.96. The Labute approximate surface area is 234 Å². The van der Waals surface area contributed by atoms with Gasteiger partial charge in [-0.15, -0.1) is 0 Å². The third-order valence-electron chi connectivity index (χ3n) is 7.85. The number of amides is 2. The van der Waals surface area contributed by atoms with Crippen LogP contribution in [0, 0.1) is 5.92 Å². The highest BCUT2D eigenvalue weighted by Gasteiger charge is 2.46. The Morgan fingerprint density at radius 2 is 1.80 bits per heavy atom. The number of nitrogens with zero attached hydrogens (tertiary/aromatic N) is 2. The molecule has 3 aliphatic rings. The van der Waals surface area contributed by atoms with Crippen LogP contribution in [0.25, 0.3) is 0 Å². The van der Waals surface area contributed by atoms with Crippen LogP contribution in [0.3, 0.4) is 0 Å². The third kappa shape index (κ3) is 5.89. The molecule has 0 aromatic heterocycles. The summed E-state index contributed by atoms with van der Waals surface area (Å²) in [4.78, 5) is 30.7. The van der Waals surface area contributed by atoms with Crippen molar-refractivity contribution in [1.82, 2.24) is 10.2 Å². The molecule has 1 saturated heterocycles. The number of anilines is 2. The molecule has 2 aromatic rings. The first-order valence-electron chi connectivity index (χ1n) is 13.5. The maximum atomic E-state index is 13.4. The Morgan fingerprint density at radius 3 is 2.38 bits per heavy atom. The van der Waals surface area contributed by atoms with Gasteiger partial charge >= 0.3 is 6.18 Å². The Balaban J connectivity index is 1.28. The van der Waals surface area contributed by atoms with Crippen molar-refractivity contribution in [2.24, 2.45) is 5.92 Å². The van der Waals surface area contributed by atoms with Gasteiger partial charge in [0.05, 0.1) is 29.9 Å². The van der Waals surface area contributed by atoms with E-state index >= 15 is 0 Å². The molecule has 1 saturated carbocycles. The van der Waals surface area contributed by atoms with Crippen LogP contribution in [-0.4, -0.2) is 70.2 Å². The first kappa shape index (κ1) is 28.6. The van der Waals surface area contributed by atoms with E-state index in [-0.39, 0.29) is 44.5 Å². The van der Waals surface area contributed by atoms with Gasteiger partial charge in [-0.2, -0.15) is 13.2 Å². The summed E-state index contributed by atoms with van der Waals surface area (Å²) in [6.07, 6.45) is -3.37. The van der Waals surface area contributed by atoms with Crippen molar-refractivity contribution in [3.63, 3.8) is 0 Å². The van der Waals surface area contributed by atoms with E-state index in [1.54, 1.807) is 42.5 Å². The summed E-state index contributed by atoms with van der Waals surface area (Å²) < 4.78 is 51.3. The predicted octanol–water partition coefficient (Wildman–Crippen LogP) is 3.80. The van der Waals surface area contributed by atoms with E-state index in [1.165, 1.54) is 4.90 Å². The minimum atomic E-state index is -4.25. The molecule has 2 fully saturated rings. The molecule has 3 N–H and O–H groups in total. The number of fused-ring (bicyclic) bond motifs is 1. The Hall–Kier alpha value is -2.96. The van der Waals surface area contributed by atoms with Crippen LogP contribution in [0.15, 0.2) is 47.4 Å². The molecular formula is C28H33F3N4O4S.